The van der Waals surface area contributed by atoms with Crippen molar-refractivity contribution in [2.45, 2.75) is 99.0 Å². The van der Waals surface area contributed by atoms with E-state index in [0.29, 0.717) is 5.92 Å². The summed E-state index contributed by atoms with van der Waals surface area (Å²) in [5.74, 6) is 0.393. The van der Waals surface area contributed by atoms with Crippen molar-refractivity contribution in [3.05, 3.63) is 58.7 Å². The van der Waals surface area contributed by atoms with Crippen LogP contribution in [0.25, 0.3) is 0 Å². The number of rotatable bonds is 6. The predicted molar refractivity (Wildman–Crippen MR) is 126 cm³/mol. The van der Waals surface area contributed by atoms with Gasteiger partial charge in [0.25, 0.3) is 0 Å². The van der Waals surface area contributed by atoms with E-state index in [2.05, 4.69) is 72.4 Å². The Hall–Kier alpha value is -1.34. The summed E-state index contributed by atoms with van der Waals surface area (Å²) in [6, 6.07) is 0. The van der Waals surface area contributed by atoms with Crippen LogP contribution in [0.15, 0.2) is 58.7 Å². The van der Waals surface area contributed by atoms with Crippen LogP contribution in [0.3, 0.4) is 0 Å². The Labute approximate surface area is 175 Å². The van der Waals surface area contributed by atoms with Gasteiger partial charge in [0.1, 0.15) is 0 Å². The highest BCUT2D eigenvalue weighted by atomic mass is 16.5. The van der Waals surface area contributed by atoms with Crippen LogP contribution >= 0.6 is 0 Å². The molecule has 1 aliphatic rings. The van der Waals surface area contributed by atoms with E-state index in [9.17, 15) is 0 Å². The van der Waals surface area contributed by atoms with Gasteiger partial charge in [0.2, 0.25) is 0 Å². The van der Waals surface area contributed by atoms with Crippen LogP contribution < -0.4 is 0 Å². The lowest BCUT2D eigenvalue weighted by Crippen LogP contribution is -2.26. The van der Waals surface area contributed by atoms with Crippen LogP contribution in [0.1, 0.15) is 92.9 Å². The van der Waals surface area contributed by atoms with Crippen LogP contribution in [0.4, 0.5) is 0 Å². The molecule has 1 heteroatoms. The average Bonchev–Trinajstić information content (AvgIpc) is 2.61. The standard InChI is InChI=1S/C27H44O/c1-8-28-27-20-24(6)16-11-14-22(4)13-10-15-23(5)18-19-26(27)25(7)17-9-12-21(2)3/h12-13,16,18,26-27H,7-11,14-15,17,19-20H2,1-6H3. The molecule has 1 aliphatic carbocycles. The Morgan fingerprint density at radius 1 is 1.04 bits per heavy atom. The molecule has 0 radical (unpaired) electrons. The van der Waals surface area contributed by atoms with E-state index in [1.54, 1.807) is 0 Å². The molecule has 0 fully saturated rings. The fraction of sp³-hybridized carbons (Fsp3) is 0.630. The first-order valence-corrected chi connectivity index (χ1v) is 11.2. The molecule has 0 heterocycles. The van der Waals surface area contributed by atoms with Gasteiger partial charge in [-0.3, -0.25) is 0 Å². The first kappa shape index (κ1) is 24.7. The van der Waals surface area contributed by atoms with E-state index in [1.165, 1.54) is 27.9 Å². The molecule has 0 saturated carbocycles. The molecule has 2 atom stereocenters. The van der Waals surface area contributed by atoms with Crippen LogP contribution in [-0.2, 0) is 4.74 Å². The van der Waals surface area contributed by atoms with Crippen LogP contribution in [0.5, 0.6) is 0 Å². The van der Waals surface area contributed by atoms with Crippen molar-refractivity contribution in [1.29, 1.82) is 0 Å². The molecule has 1 rings (SSSR count). The lowest BCUT2D eigenvalue weighted by atomic mass is 9.84. The molecule has 0 amide bonds. The summed E-state index contributed by atoms with van der Waals surface area (Å²) in [7, 11) is 0. The number of hydrogen-bond acceptors (Lipinski definition) is 1. The van der Waals surface area contributed by atoms with Crippen molar-refractivity contribution >= 4 is 0 Å². The number of ether oxygens (including phenoxy) is 1. The highest BCUT2D eigenvalue weighted by Crippen LogP contribution is 2.30. The molecular formula is C27H44O. The van der Waals surface area contributed by atoms with E-state index in [0.717, 1.165) is 58.0 Å². The van der Waals surface area contributed by atoms with Crippen molar-refractivity contribution in [1.82, 2.24) is 0 Å². The normalized spacial score (nSPS) is 22.4. The molecule has 0 aromatic heterocycles. The molecule has 28 heavy (non-hydrogen) atoms. The zero-order chi connectivity index (χ0) is 20.9. The summed E-state index contributed by atoms with van der Waals surface area (Å²) >= 11 is 0. The highest BCUT2D eigenvalue weighted by Gasteiger charge is 2.24. The Balaban J connectivity index is 3.06. The maximum atomic E-state index is 6.27. The topological polar surface area (TPSA) is 9.23 Å². The van der Waals surface area contributed by atoms with E-state index in [-0.39, 0.29) is 6.10 Å². The monoisotopic (exact) mass is 384 g/mol. The number of hydrogen-bond donors (Lipinski definition) is 0. The van der Waals surface area contributed by atoms with Crippen molar-refractivity contribution in [3.63, 3.8) is 0 Å². The average molecular weight is 385 g/mol. The summed E-state index contributed by atoms with van der Waals surface area (Å²) in [4.78, 5) is 0. The lowest BCUT2D eigenvalue weighted by molar-refractivity contribution is 0.0308. The van der Waals surface area contributed by atoms with E-state index >= 15 is 0 Å². The summed E-state index contributed by atoms with van der Waals surface area (Å²) in [6.45, 7) is 18.5. The molecule has 1 nitrogen and oxygen atoms in total. The van der Waals surface area contributed by atoms with Gasteiger partial charge in [0.15, 0.2) is 0 Å². The van der Waals surface area contributed by atoms with Gasteiger partial charge in [0, 0.05) is 12.5 Å². The third-order valence-electron chi connectivity index (χ3n) is 5.68. The second kappa shape index (κ2) is 13.8. The van der Waals surface area contributed by atoms with Crippen LogP contribution in [0, 0.1) is 5.92 Å². The van der Waals surface area contributed by atoms with Gasteiger partial charge in [0.05, 0.1) is 6.10 Å². The van der Waals surface area contributed by atoms with Gasteiger partial charge in [-0.2, -0.15) is 0 Å². The van der Waals surface area contributed by atoms with Crippen molar-refractivity contribution in [3.8, 4) is 0 Å². The largest absolute Gasteiger partial charge is 0.378 e. The Bertz CT molecular complexity index is 596. The van der Waals surface area contributed by atoms with Gasteiger partial charge in [-0.25, -0.2) is 0 Å². The third kappa shape index (κ3) is 10.3. The molecule has 0 N–H and O–H groups in total. The quantitative estimate of drug-likeness (QED) is 0.417. The summed E-state index contributed by atoms with van der Waals surface area (Å²) in [5, 5.41) is 0. The minimum absolute atomic E-state index is 0.226. The van der Waals surface area contributed by atoms with Gasteiger partial charge >= 0.3 is 0 Å². The maximum Gasteiger partial charge on any atom is 0.0679 e. The second-order valence-corrected chi connectivity index (χ2v) is 8.75. The van der Waals surface area contributed by atoms with Crippen molar-refractivity contribution < 1.29 is 4.74 Å². The first-order chi connectivity index (χ1) is 13.3. The van der Waals surface area contributed by atoms with Crippen LogP contribution in [-0.4, -0.2) is 12.7 Å². The fourth-order valence-corrected chi connectivity index (χ4v) is 3.87. The van der Waals surface area contributed by atoms with E-state index in [1.807, 2.05) is 0 Å². The summed E-state index contributed by atoms with van der Waals surface area (Å²) in [6.07, 6.45) is 18.6. The van der Waals surface area contributed by atoms with Gasteiger partial charge in [-0.05, 0) is 92.9 Å². The number of allylic oxidation sites excluding steroid dienone is 7. The SMILES string of the molecule is C=C(CCC=C(C)C)C1CC=C(C)CCC=C(C)CCC=C(C)CC1OCC. The summed E-state index contributed by atoms with van der Waals surface area (Å²) in [5.41, 5.74) is 7.19. The Morgan fingerprint density at radius 3 is 2.25 bits per heavy atom. The molecule has 2 unspecified atom stereocenters. The van der Waals surface area contributed by atoms with Gasteiger partial charge in [-0.15, -0.1) is 0 Å². The zero-order valence-electron chi connectivity index (χ0n) is 19.4. The first-order valence-electron chi connectivity index (χ1n) is 11.2. The van der Waals surface area contributed by atoms with Gasteiger partial charge in [-0.1, -0.05) is 58.7 Å². The molecule has 0 saturated heterocycles. The highest BCUT2D eigenvalue weighted by molar-refractivity contribution is 5.14. The van der Waals surface area contributed by atoms with Crippen LogP contribution in [0.2, 0.25) is 0 Å². The smallest absolute Gasteiger partial charge is 0.0679 e. The molecule has 0 bridgehead atoms. The zero-order valence-corrected chi connectivity index (χ0v) is 19.4. The van der Waals surface area contributed by atoms with Crippen molar-refractivity contribution in [2.24, 2.45) is 5.92 Å². The minimum atomic E-state index is 0.226. The van der Waals surface area contributed by atoms with Crippen molar-refractivity contribution in [2.75, 3.05) is 6.61 Å². The Kier molecular flexibility index (Phi) is 12.1. The van der Waals surface area contributed by atoms with E-state index < -0.39 is 0 Å². The lowest BCUT2D eigenvalue weighted by Gasteiger charge is -2.29. The summed E-state index contributed by atoms with van der Waals surface area (Å²) < 4.78 is 6.27. The molecule has 0 spiro atoms. The fourth-order valence-electron chi connectivity index (χ4n) is 3.87. The second-order valence-electron chi connectivity index (χ2n) is 8.75. The molecule has 0 aromatic carbocycles. The predicted octanol–water partition coefficient (Wildman–Crippen LogP) is 8.50. The molecule has 0 aromatic rings. The third-order valence-corrected chi connectivity index (χ3v) is 5.68. The van der Waals surface area contributed by atoms with E-state index in [4.69, 9.17) is 4.74 Å². The molecule has 158 valence electrons. The van der Waals surface area contributed by atoms with Gasteiger partial charge < -0.3 is 4.74 Å². The molecular weight excluding hydrogens is 340 g/mol. The Morgan fingerprint density at radius 2 is 1.64 bits per heavy atom. The maximum absolute atomic E-state index is 6.27. The molecule has 0 aliphatic heterocycles. The minimum Gasteiger partial charge on any atom is -0.378 e.